The van der Waals surface area contributed by atoms with E-state index in [0.717, 1.165) is 30.7 Å². The van der Waals surface area contributed by atoms with Crippen molar-refractivity contribution in [2.75, 3.05) is 18.1 Å². The van der Waals surface area contributed by atoms with Crippen molar-refractivity contribution in [2.24, 2.45) is 0 Å². The van der Waals surface area contributed by atoms with Gasteiger partial charge in [-0.2, -0.15) is 0 Å². The molecule has 0 aliphatic carbocycles. The minimum Gasteiger partial charge on any atom is -0.376 e. The Hall–Kier alpha value is -3.25. The summed E-state index contributed by atoms with van der Waals surface area (Å²) in [5.41, 5.74) is 2.48. The fourth-order valence-corrected chi connectivity index (χ4v) is 3.37. The van der Waals surface area contributed by atoms with Gasteiger partial charge in [-0.1, -0.05) is 48.5 Å². The van der Waals surface area contributed by atoms with E-state index in [0.29, 0.717) is 24.6 Å². The van der Waals surface area contributed by atoms with Gasteiger partial charge in [0, 0.05) is 25.4 Å². The second-order valence-corrected chi connectivity index (χ2v) is 7.03. The van der Waals surface area contributed by atoms with E-state index in [9.17, 15) is 4.79 Å². The second kappa shape index (κ2) is 9.30. The van der Waals surface area contributed by atoms with Gasteiger partial charge in [-0.05, 0) is 42.7 Å². The molecule has 1 fully saturated rings. The maximum Gasteiger partial charge on any atom is 0.271 e. The number of hydrogen-bond donors (Lipinski definition) is 1. The van der Waals surface area contributed by atoms with Gasteiger partial charge in [0.25, 0.3) is 5.91 Å². The van der Waals surface area contributed by atoms with Crippen LogP contribution in [0.5, 0.6) is 0 Å². The van der Waals surface area contributed by atoms with Crippen molar-refractivity contribution in [1.82, 2.24) is 15.5 Å². The van der Waals surface area contributed by atoms with E-state index in [1.54, 1.807) is 6.07 Å². The summed E-state index contributed by atoms with van der Waals surface area (Å²) in [4.78, 5) is 14.4. The molecule has 148 valence electrons. The SMILES string of the molecule is O=C(NCC1CCCO1)c1ccc(N(Cc2ccccc2)c2ccccc2)nn1. The lowest BCUT2D eigenvalue weighted by Crippen LogP contribution is -2.32. The third-order valence-electron chi connectivity index (χ3n) is 4.93. The van der Waals surface area contributed by atoms with Gasteiger partial charge in [0.2, 0.25) is 0 Å². The number of nitrogens with one attached hydrogen (secondary N) is 1. The van der Waals surface area contributed by atoms with Crippen LogP contribution < -0.4 is 10.2 Å². The Kier molecular flexibility index (Phi) is 6.12. The molecule has 3 aromatic rings. The van der Waals surface area contributed by atoms with Gasteiger partial charge < -0.3 is 15.0 Å². The van der Waals surface area contributed by atoms with E-state index in [4.69, 9.17) is 4.74 Å². The number of ether oxygens (including phenoxy) is 1. The van der Waals surface area contributed by atoms with Crippen molar-refractivity contribution in [1.29, 1.82) is 0 Å². The van der Waals surface area contributed by atoms with Gasteiger partial charge in [-0.3, -0.25) is 4.79 Å². The fourth-order valence-electron chi connectivity index (χ4n) is 3.37. The van der Waals surface area contributed by atoms with E-state index in [2.05, 4.69) is 32.5 Å². The third-order valence-corrected chi connectivity index (χ3v) is 4.93. The molecule has 1 saturated heterocycles. The first kappa shape index (κ1) is 19.1. The Bertz CT molecular complexity index is 911. The summed E-state index contributed by atoms with van der Waals surface area (Å²) in [6.07, 6.45) is 2.13. The Morgan fingerprint density at radius 3 is 2.41 bits per heavy atom. The molecule has 6 heteroatoms. The van der Waals surface area contributed by atoms with Gasteiger partial charge in [0.1, 0.15) is 0 Å². The molecule has 2 heterocycles. The third kappa shape index (κ3) is 4.97. The highest BCUT2D eigenvalue weighted by atomic mass is 16.5. The number of hydrogen-bond acceptors (Lipinski definition) is 5. The number of carbonyl (C=O) groups excluding carboxylic acids is 1. The van der Waals surface area contributed by atoms with Crippen LogP contribution >= 0.6 is 0 Å². The van der Waals surface area contributed by atoms with Crippen molar-refractivity contribution < 1.29 is 9.53 Å². The minimum atomic E-state index is -0.228. The fraction of sp³-hybridized carbons (Fsp3) is 0.261. The number of aromatic nitrogens is 2. The van der Waals surface area contributed by atoms with E-state index >= 15 is 0 Å². The van der Waals surface area contributed by atoms with Crippen LogP contribution in [-0.4, -0.2) is 35.4 Å². The first-order valence-corrected chi connectivity index (χ1v) is 9.89. The minimum absolute atomic E-state index is 0.102. The number of para-hydroxylation sites is 1. The van der Waals surface area contributed by atoms with Crippen molar-refractivity contribution in [3.05, 3.63) is 84.1 Å². The zero-order valence-electron chi connectivity index (χ0n) is 16.2. The van der Waals surface area contributed by atoms with Gasteiger partial charge in [0.15, 0.2) is 11.5 Å². The maximum absolute atomic E-state index is 12.4. The number of carbonyl (C=O) groups is 1. The molecule has 0 spiro atoms. The average Bonchev–Trinajstić information content (AvgIpc) is 3.31. The molecule has 0 bridgehead atoms. The molecule has 4 rings (SSSR count). The highest BCUT2D eigenvalue weighted by molar-refractivity contribution is 5.92. The number of benzene rings is 2. The van der Waals surface area contributed by atoms with E-state index in [1.807, 2.05) is 54.6 Å². The van der Waals surface area contributed by atoms with Crippen LogP contribution in [0.25, 0.3) is 0 Å². The molecule has 1 aliphatic heterocycles. The summed E-state index contributed by atoms with van der Waals surface area (Å²) >= 11 is 0. The molecule has 1 N–H and O–H groups in total. The number of nitrogens with zero attached hydrogens (tertiary/aromatic N) is 3. The van der Waals surface area contributed by atoms with Gasteiger partial charge in [-0.25, -0.2) is 0 Å². The summed E-state index contributed by atoms with van der Waals surface area (Å²) in [7, 11) is 0. The van der Waals surface area contributed by atoms with E-state index < -0.39 is 0 Å². The molecule has 2 aromatic carbocycles. The Balaban J connectivity index is 1.49. The lowest BCUT2D eigenvalue weighted by molar-refractivity contribution is 0.0853. The summed E-state index contributed by atoms with van der Waals surface area (Å²) in [6.45, 7) is 1.93. The highest BCUT2D eigenvalue weighted by Gasteiger charge is 2.18. The molecule has 1 amide bonds. The topological polar surface area (TPSA) is 67.3 Å². The van der Waals surface area contributed by atoms with E-state index in [1.165, 1.54) is 0 Å². The zero-order valence-corrected chi connectivity index (χ0v) is 16.2. The normalized spacial score (nSPS) is 15.8. The van der Waals surface area contributed by atoms with Crippen LogP contribution in [0.15, 0.2) is 72.8 Å². The summed E-state index contributed by atoms with van der Waals surface area (Å²) in [6, 6.07) is 23.8. The Morgan fingerprint density at radius 1 is 1.00 bits per heavy atom. The van der Waals surface area contributed by atoms with Gasteiger partial charge >= 0.3 is 0 Å². The van der Waals surface area contributed by atoms with Crippen LogP contribution in [0.3, 0.4) is 0 Å². The molecule has 0 radical (unpaired) electrons. The first-order chi connectivity index (χ1) is 14.3. The smallest absolute Gasteiger partial charge is 0.271 e. The second-order valence-electron chi connectivity index (χ2n) is 7.03. The summed E-state index contributed by atoms with van der Waals surface area (Å²) < 4.78 is 5.54. The molecule has 0 saturated carbocycles. The molecule has 6 nitrogen and oxygen atoms in total. The molecule has 1 aliphatic rings. The summed E-state index contributed by atoms with van der Waals surface area (Å²) in [5, 5.41) is 11.4. The lowest BCUT2D eigenvalue weighted by atomic mass is 10.2. The predicted octanol–water partition coefficient (Wildman–Crippen LogP) is 3.72. The first-order valence-electron chi connectivity index (χ1n) is 9.89. The number of rotatable bonds is 7. The average molecular weight is 388 g/mol. The van der Waals surface area contributed by atoms with Crippen molar-refractivity contribution in [3.63, 3.8) is 0 Å². The van der Waals surface area contributed by atoms with E-state index in [-0.39, 0.29) is 12.0 Å². The molecular weight excluding hydrogens is 364 g/mol. The monoisotopic (exact) mass is 388 g/mol. The maximum atomic E-state index is 12.4. The van der Waals surface area contributed by atoms with Gasteiger partial charge in [-0.15, -0.1) is 10.2 Å². The Morgan fingerprint density at radius 2 is 1.76 bits per heavy atom. The number of anilines is 2. The Labute approximate surface area is 170 Å². The molecule has 1 atom stereocenters. The number of amides is 1. The van der Waals surface area contributed by atoms with Crippen molar-refractivity contribution >= 4 is 17.4 Å². The zero-order chi connectivity index (χ0) is 19.9. The quantitative estimate of drug-likeness (QED) is 0.668. The largest absolute Gasteiger partial charge is 0.376 e. The highest BCUT2D eigenvalue weighted by Crippen LogP contribution is 2.25. The van der Waals surface area contributed by atoms with Crippen LogP contribution in [0, 0.1) is 0 Å². The van der Waals surface area contributed by atoms with Gasteiger partial charge in [0.05, 0.1) is 6.10 Å². The standard InChI is InChI=1S/C23H24N4O2/c28-23(24-16-20-12-7-15-29-20)21-13-14-22(26-25-21)27(19-10-5-2-6-11-19)17-18-8-3-1-4-9-18/h1-6,8-11,13-14,20H,7,12,15-17H2,(H,24,28). The molecule has 29 heavy (non-hydrogen) atoms. The summed E-state index contributed by atoms with van der Waals surface area (Å²) in [5.74, 6) is 0.463. The van der Waals surface area contributed by atoms with Crippen LogP contribution in [0.2, 0.25) is 0 Å². The lowest BCUT2D eigenvalue weighted by Gasteiger charge is -2.23. The van der Waals surface area contributed by atoms with Crippen LogP contribution in [0.4, 0.5) is 11.5 Å². The van der Waals surface area contributed by atoms with Crippen LogP contribution in [-0.2, 0) is 11.3 Å². The molecule has 1 aromatic heterocycles. The molecular formula is C23H24N4O2. The van der Waals surface area contributed by atoms with Crippen LogP contribution in [0.1, 0.15) is 28.9 Å². The van der Waals surface area contributed by atoms with Crippen molar-refractivity contribution in [3.8, 4) is 0 Å². The van der Waals surface area contributed by atoms with Crippen molar-refractivity contribution in [2.45, 2.75) is 25.5 Å². The predicted molar refractivity (Wildman–Crippen MR) is 112 cm³/mol. The molecule has 1 unspecified atom stereocenters.